The molecule has 30 heavy (non-hydrogen) atoms. The summed E-state index contributed by atoms with van der Waals surface area (Å²) in [5.41, 5.74) is 0.0692. The minimum atomic E-state index is -1.10. The van der Waals surface area contributed by atoms with Gasteiger partial charge in [0.2, 0.25) is 11.8 Å². The number of nitrogens with zero attached hydrogens (tertiary/aromatic N) is 2. The van der Waals surface area contributed by atoms with Crippen molar-refractivity contribution in [3.8, 4) is 0 Å². The zero-order chi connectivity index (χ0) is 21.4. The molecule has 5 atom stereocenters. The second kappa shape index (κ2) is 8.70. The molecule has 164 valence electrons. The molecule has 4 aliphatic rings. The van der Waals surface area contributed by atoms with E-state index in [1.54, 1.807) is 13.0 Å². The van der Waals surface area contributed by atoms with Gasteiger partial charge in [-0.25, -0.2) is 4.79 Å². The maximum Gasteiger partial charge on any atom is 0.353 e. The molecule has 3 fully saturated rings. The second-order valence-electron chi connectivity index (χ2n) is 8.25. The quantitative estimate of drug-likeness (QED) is 0.320. The molecule has 0 aromatic carbocycles. The Hall–Kier alpha value is -1.88. The van der Waals surface area contributed by atoms with E-state index in [0.29, 0.717) is 17.9 Å². The molecular formula is C20H28N4O5S. The summed E-state index contributed by atoms with van der Waals surface area (Å²) in [7, 11) is 0. The molecule has 9 nitrogen and oxygen atoms in total. The summed E-state index contributed by atoms with van der Waals surface area (Å²) < 4.78 is 0. The van der Waals surface area contributed by atoms with Gasteiger partial charge in [0.1, 0.15) is 5.70 Å². The van der Waals surface area contributed by atoms with Crippen LogP contribution in [0, 0.1) is 5.92 Å². The molecule has 0 bridgehead atoms. The molecule has 0 saturated carbocycles. The van der Waals surface area contributed by atoms with Crippen molar-refractivity contribution in [1.29, 1.82) is 0 Å². The Balaban J connectivity index is 1.35. The van der Waals surface area contributed by atoms with Crippen molar-refractivity contribution >= 4 is 29.5 Å². The standard InChI is InChI=1S/C20H28N4O5S/c1-11(25)17-14-9-15(18(20(28)29)24(14)19(17)27)30-13-8-12(22-10-13)2-3-16(26)23-6-4-21-5-7-23/h2-3,11-14,17,21-22,25H,4-10H2,1H3,(H,28,29)/b3-2+/t11-,12-,13+,14-,17-/m1/s1. The number of aliphatic hydroxyl groups is 1. The molecule has 0 aromatic heterocycles. The minimum absolute atomic E-state index is 0.0214. The lowest BCUT2D eigenvalue weighted by Crippen LogP contribution is -2.61. The van der Waals surface area contributed by atoms with Gasteiger partial charge >= 0.3 is 5.97 Å². The number of nitrogens with one attached hydrogen (secondary N) is 2. The van der Waals surface area contributed by atoms with Crippen molar-refractivity contribution in [2.24, 2.45) is 5.92 Å². The Bertz CT molecular complexity index is 792. The number of thioether (sulfide) groups is 1. The van der Waals surface area contributed by atoms with Crippen molar-refractivity contribution in [1.82, 2.24) is 20.4 Å². The molecule has 0 aliphatic carbocycles. The molecule has 4 rings (SSSR count). The first-order valence-corrected chi connectivity index (χ1v) is 11.3. The Labute approximate surface area is 179 Å². The molecule has 4 N–H and O–H groups in total. The van der Waals surface area contributed by atoms with Crippen LogP contribution in [0.15, 0.2) is 22.8 Å². The van der Waals surface area contributed by atoms with E-state index >= 15 is 0 Å². The molecule has 4 aliphatic heterocycles. The first-order valence-electron chi connectivity index (χ1n) is 10.4. The number of carbonyl (C=O) groups is 3. The van der Waals surface area contributed by atoms with Gasteiger partial charge in [-0.3, -0.25) is 9.59 Å². The van der Waals surface area contributed by atoms with E-state index in [9.17, 15) is 24.6 Å². The highest BCUT2D eigenvalue weighted by atomic mass is 32.2. The zero-order valence-electron chi connectivity index (χ0n) is 16.9. The van der Waals surface area contributed by atoms with Gasteiger partial charge in [-0.2, -0.15) is 0 Å². The van der Waals surface area contributed by atoms with Gasteiger partial charge in [-0.05, 0) is 13.3 Å². The molecular weight excluding hydrogens is 408 g/mol. The Morgan fingerprint density at radius 2 is 2.03 bits per heavy atom. The summed E-state index contributed by atoms with van der Waals surface area (Å²) in [5.74, 6) is -1.90. The van der Waals surface area contributed by atoms with Crippen LogP contribution in [0.25, 0.3) is 0 Å². The Morgan fingerprint density at radius 3 is 2.70 bits per heavy atom. The summed E-state index contributed by atoms with van der Waals surface area (Å²) in [6, 6.07) is -0.193. The first kappa shape index (κ1) is 21.4. The number of fused-ring (bicyclic) bond motifs is 1. The van der Waals surface area contributed by atoms with Crippen LogP contribution in [0.3, 0.4) is 0 Å². The molecule has 0 radical (unpaired) electrons. The molecule has 2 amide bonds. The maximum atomic E-state index is 12.3. The number of hydrogen-bond donors (Lipinski definition) is 4. The number of piperazine rings is 1. The van der Waals surface area contributed by atoms with E-state index in [1.165, 1.54) is 16.7 Å². The van der Waals surface area contributed by atoms with Crippen LogP contribution in [0.5, 0.6) is 0 Å². The highest BCUT2D eigenvalue weighted by molar-refractivity contribution is 8.03. The topological polar surface area (TPSA) is 122 Å². The summed E-state index contributed by atoms with van der Waals surface area (Å²) in [4.78, 5) is 40.3. The zero-order valence-corrected chi connectivity index (χ0v) is 17.7. The number of β-lactam (4-membered cyclic amide) rings is 1. The number of aliphatic carboxylic acids is 1. The number of hydrogen-bond acceptors (Lipinski definition) is 7. The monoisotopic (exact) mass is 436 g/mol. The number of amides is 2. The molecule has 0 aromatic rings. The van der Waals surface area contributed by atoms with Gasteiger partial charge in [0.15, 0.2) is 0 Å². The van der Waals surface area contributed by atoms with Crippen LogP contribution in [0.1, 0.15) is 19.8 Å². The number of rotatable bonds is 6. The van der Waals surface area contributed by atoms with Gasteiger partial charge in [0.25, 0.3) is 0 Å². The van der Waals surface area contributed by atoms with Crippen molar-refractivity contribution < 1.29 is 24.6 Å². The van der Waals surface area contributed by atoms with E-state index in [0.717, 1.165) is 32.6 Å². The van der Waals surface area contributed by atoms with Crippen LogP contribution < -0.4 is 10.6 Å². The van der Waals surface area contributed by atoms with E-state index in [4.69, 9.17) is 0 Å². The van der Waals surface area contributed by atoms with Gasteiger partial charge in [-0.1, -0.05) is 6.08 Å². The van der Waals surface area contributed by atoms with Crippen molar-refractivity contribution in [3.63, 3.8) is 0 Å². The third-order valence-electron chi connectivity index (χ3n) is 6.22. The molecule has 10 heteroatoms. The lowest BCUT2D eigenvalue weighted by Gasteiger charge is -2.44. The van der Waals surface area contributed by atoms with Crippen LogP contribution in [-0.2, 0) is 14.4 Å². The van der Waals surface area contributed by atoms with Gasteiger partial charge in [0.05, 0.1) is 18.1 Å². The Morgan fingerprint density at radius 1 is 1.30 bits per heavy atom. The number of carboxylic acids is 1. The number of aliphatic hydroxyl groups excluding tert-OH is 1. The maximum absolute atomic E-state index is 12.3. The average molecular weight is 437 g/mol. The SMILES string of the molecule is C[C@@H](O)[C@H]1C(=O)N2C(C(=O)O)=C(S[C@@H]3CN[C@H](/C=C/C(=O)N4CCNCC4)C3)C[C@H]12. The van der Waals surface area contributed by atoms with E-state index in [-0.39, 0.29) is 34.8 Å². The van der Waals surface area contributed by atoms with E-state index in [2.05, 4.69) is 10.6 Å². The van der Waals surface area contributed by atoms with Crippen LogP contribution >= 0.6 is 11.8 Å². The summed E-state index contributed by atoms with van der Waals surface area (Å²) in [6.07, 6.45) is 4.00. The third-order valence-corrected chi connectivity index (χ3v) is 7.56. The van der Waals surface area contributed by atoms with Crippen LogP contribution in [-0.4, -0.2) is 94.0 Å². The third kappa shape index (κ3) is 4.01. The largest absolute Gasteiger partial charge is 0.477 e. The highest BCUT2D eigenvalue weighted by Gasteiger charge is 2.57. The molecule has 0 unspecified atom stereocenters. The molecule has 4 heterocycles. The van der Waals surface area contributed by atoms with Crippen molar-refractivity contribution in [2.75, 3.05) is 32.7 Å². The van der Waals surface area contributed by atoms with Gasteiger partial charge < -0.3 is 30.6 Å². The summed E-state index contributed by atoms with van der Waals surface area (Å²) in [5, 5.41) is 26.3. The fourth-order valence-electron chi connectivity index (χ4n) is 4.70. The van der Waals surface area contributed by atoms with Crippen molar-refractivity contribution in [3.05, 3.63) is 22.8 Å². The lowest BCUT2D eigenvalue weighted by molar-refractivity contribution is -0.161. The average Bonchev–Trinajstić information content (AvgIpc) is 3.29. The summed E-state index contributed by atoms with van der Waals surface area (Å²) >= 11 is 1.50. The number of carboxylic acid groups (broad SMARTS) is 1. The van der Waals surface area contributed by atoms with Crippen LogP contribution in [0.2, 0.25) is 0 Å². The van der Waals surface area contributed by atoms with Crippen LogP contribution in [0.4, 0.5) is 0 Å². The lowest BCUT2D eigenvalue weighted by atomic mass is 9.83. The van der Waals surface area contributed by atoms with Gasteiger partial charge in [0, 0.05) is 61.4 Å². The fraction of sp³-hybridized carbons (Fsp3) is 0.650. The minimum Gasteiger partial charge on any atom is -0.477 e. The Kier molecular flexibility index (Phi) is 6.19. The fourth-order valence-corrected chi connectivity index (χ4v) is 6.15. The smallest absolute Gasteiger partial charge is 0.353 e. The predicted molar refractivity (Wildman–Crippen MR) is 111 cm³/mol. The molecule has 3 saturated heterocycles. The molecule has 0 spiro atoms. The second-order valence-corrected chi connectivity index (χ2v) is 9.64. The predicted octanol–water partition coefficient (Wildman–Crippen LogP) is -0.654. The highest BCUT2D eigenvalue weighted by Crippen LogP contribution is 2.48. The normalized spacial score (nSPS) is 32.5. The summed E-state index contributed by atoms with van der Waals surface area (Å²) in [6.45, 7) is 5.35. The van der Waals surface area contributed by atoms with E-state index in [1.807, 2.05) is 11.0 Å². The van der Waals surface area contributed by atoms with E-state index < -0.39 is 18.0 Å². The first-order chi connectivity index (χ1) is 14.4. The number of carbonyl (C=O) groups excluding carboxylic acids is 2. The van der Waals surface area contributed by atoms with Gasteiger partial charge in [-0.15, -0.1) is 11.8 Å². The van der Waals surface area contributed by atoms with Crippen molar-refractivity contribution in [2.45, 2.75) is 43.2 Å².